The van der Waals surface area contributed by atoms with Gasteiger partial charge in [-0.25, -0.2) is 19.3 Å². The minimum absolute atomic E-state index is 0.00339. The van der Waals surface area contributed by atoms with E-state index in [1.165, 1.54) is 34.8 Å². The van der Waals surface area contributed by atoms with Crippen LogP contribution in [0.1, 0.15) is 62.0 Å². The van der Waals surface area contributed by atoms with Crippen LogP contribution in [-0.2, 0) is 38.3 Å². The third-order valence-corrected chi connectivity index (χ3v) is 7.96. The highest BCUT2D eigenvalue weighted by Gasteiger charge is 2.28. The van der Waals surface area contributed by atoms with Gasteiger partial charge in [-0.1, -0.05) is 13.0 Å². The molecule has 1 aromatic carbocycles. The lowest BCUT2D eigenvalue weighted by Crippen LogP contribution is -2.40. The van der Waals surface area contributed by atoms with Crippen molar-refractivity contribution in [1.29, 1.82) is 0 Å². The number of carboxylic acids is 1. The van der Waals surface area contributed by atoms with Crippen LogP contribution in [-0.4, -0.2) is 64.7 Å². The van der Waals surface area contributed by atoms with Gasteiger partial charge >= 0.3 is 12.1 Å². The van der Waals surface area contributed by atoms with Crippen molar-refractivity contribution in [3.63, 3.8) is 0 Å². The number of nitrogen functional groups attached to an aromatic ring is 1. The zero-order chi connectivity index (χ0) is 32.6. The predicted molar refractivity (Wildman–Crippen MR) is 169 cm³/mol. The highest BCUT2D eigenvalue weighted by atomic mass is 16.6. The first-order chi connectivity index (χ1) is 21.2. The lowest BCUT2D eigenvalue weighted by atomic mass is 9.97. The maximum Gasteiger partial charge on any atom is 0.410 e. The van der Waals surface area contributed by atoms with Crippen molar-refractivity contribution >= 4 is 29.0 Å². The predicted octanol–water partition coefficient (Wildman–Crippen LogP) is 4.20. The van der Waals surface area contributed by atoms with E-state index in [1.807, 2.05) is 32.9 Å². The Hall–Kier alpha value is -4.81. The molecule has 1 atom stereocenters. The second kappa shape index (κ2) is 12.3. The second-order valence-corrected chi connectivity index (χ2v) is 12.8. The summed E-state index contributed by atoms with van der Waals surface area (Å²) in [5.74, 6) is -0.0155. The minimum atomic E-state index is -1.12. The van der Waals surface area contributed by atoms with Crippen LogP contribution in [0.3, 0.4) is 0 Å². The second-order valence-electron chi connectivity index (χ2n) is 12.8. The van der Waals surface area contributed by atoms with Crippen LogP contribution in [0.4, 0.5) is 10.7 Å². The Labute approximate surface area is 261 Å². The number of fused-ring (bicyclic) bond motifs is 3. The number of aromatic nitrogens is 5. The standard InChI is InChI=1S/C32H41N7O6/c1-19(8-7-13-44-28-24(15-34-37(28)6)23-14-21(29(41)42)17-36(5)27(23)40)16-39-26-22-11-12-38(31(43)45-32(2,3)4)18-20(22)9-10-25(26)35-30(39)33/h9-10,14-15,17,19H,7-8,11-13,16,18H2,1-6H3,(H2,33,35)(H,41,42)/t19-/m1/s1. The maximum absolute atomic E-state index is 12.8. The smallest absolute Gasteiger partial charge is 0.410 e. The zero-order valence-corrected chi connectivity index (χ0v) is 26.7. The summed E-state index contributed by atoms with van der Waals surface area (Å²) >= 11 is 0. The van der Waals surface area contributed by atoms with Gasteiger partial charge in [0, 0.05) is 39.9 Å². The van der Waals surface area contributed by atoms with Gasteiger partial charge in [-0.3, -0.25) is 4.79 Å². The van der Waals surface area contributed by atoms with Crippen LogP contribution < -0.4 is 16.0 Å². The number of hydrogen-bond donors (Lipinski definition) is 2. The molecular formula is C32H41N7O6. The molecule has 0 aliphatic carbocycles. The number of nitrogens with two attached hydrogens (primary N) is 1. The molecule has 0 fully saturated rings. The summed E-state index contributed by atoms with van der Waals surface area (Å²) in [4.78, 5) is 43.4. The fraction of sp³-hybridized carbons (Fsp3) is 0.469. The summed E-state index contributed by atoms with van der Waals surface area (Å²) in [6.07, 6.45) is 4.74. The molecule has 5 rings (SSSR count). The lowest BCUT2D eigenvalue weighted by molar-refractivity contribution is 0.0224. The van der Waals surface area contributed by atoms with Gasteiger partial charge < -0.3 is 34.3 Å². The van der Waals surface area contributed by atoms with Gasteiger partial charge in [0.25, 0.3) is 5.56 Å². The molecule has 0 unspecified atom stereocenters. The van der Waals surface area contributed by atoms with Crippen molar-refractivity contribution in [2.75, 3.05) is 18.9 Å². The quantitative estimate of drug-likeness (QED) is 0.262. The van der Waals surface area contributed by atoms with Gasteiger partial charge in [-0.2, -0.15) is 5.10 Å². The average Bonchev–Trinajstić information content (AvgIpc) is 3.49. The van der Waals surface area contributed by atoms with Gasteiger partial charge in [-0.05, 0) is 69.2 Å². The molecule has 13 heteroatoms. The molecule has 13 nitrogen and oxygen atoms in total. The molecule has 0 bridgehead atoms. The molecule has 1 aliphatic rings. The number of carboxylic acid groups (broad SMARTS) is 1. The zero-order valence-electron chi connectivity index (χ0n) is 26.7. The largest absolute Gasteiger partial charge is 0.478 e. The number of aryl methyl sites for hydroxylation is 2. The van der Waals surface area contributed by atoms with Gasteiger partial charge in [0.15, 0.2) is 0 Å². The SMILES string of the molecule is C[C@H](CCCOc1c(-c2cc(C(=O)O)cn(C)c2=O)cnn1C)Cn1c(N)nc2ccc3c(c21)CCN(C(=O)OC(C)(C)C)C3. The van der Waals surface area contributed by atoms with Gasteiger partial charge in [0.1, 0.15) is 5.60 Å². The van der Waals surface area contributed by atoms with Gasteiger partial charge in [0.2, 0.25) is 11.8 Å². The van der Waals surface area contributed by atoms with Crippen LogP contribution in [0.25, 0.3) is 22.2 Å². The van der Waals surface area contributed by atoms with Crippen molar-refractivity contribution in [3.8, 4) is 17.0 Å². The topological polar surface area (TPSA) is 160 Å². The van der Waals surface area contributed by atoms with E-state index in [4.69, 9.17) is 15.2 Å². The van der Waals surface area contributed by atoms with E-state index >= 15 is 0 Å². The average molecular weight is 620 g/mol. The molecule has 45 heavy (non-hydrogen) atoms. The Kier molecular flexibility index (Phi) is 8.63. The number of hydrogen-bond acceptors (Lipinski definition) is 8. The van der Waals surface area contributed by atoms with E-state index in [2.05, 4.69) is 21.6 Å². The molecule has 0 spiro atoms. The number of ether oxygens (including phenoxy) is 2. The summed E-state index contributed by atoms with van der Waals surface area (Å²) in [7, 11) is 3.23. The number of anilines is 1. The molecule has 1 amide bonds. The van der Waals surface area contributed by atoms with Gasteiger partial charge in [0.05, 0.1) is 40.5 Å². The van der Waals surface area contributed by atoms with E-state index in [0.717, 1.165) is 35.0 Å². The normalized spacial score (nSPS) is 14.0. The Morgan fingerprint density at radius 1 is 1.18 bits per heavy atom. The first-order valence-corrected chi connectivity index (χ1v) is 15.1. The Bertz CT molecular complexity index is 1810. The van der Waals surface area contributed by atoms with Crippen LogP contribution >= 0.6 is 0 Å². The number of imidazole rings is 1. The third-order valence-electron chi connectivity index (χ3n) is 7.96. The van der Waals surface area contributed by atoms with Crippen molar-refractivity contribution in [2.45, 2.75) is 65.6 Å². The number of amides is 1. The first kappa shape index (κ1) is 31.6. The molecular weight excluding hydrogens is 578 g/mol. The Balaban J connectivity index is 1.25. The summed E-state index contributed by atoms with van der Waals surface area (Å²) in [5.41, 5.74) is 10.3. The third kappa shape index (κ3) is 6.66. The highest BCUT2D eigenvalue weighted by Crippen LogP contribution is 2.32. The molecule has 0 radical (unpaired) electrons. The maximum atomic E-state index is 12.8. The van der Waals surface area contributed by atoms with E-state index in [-0.39, 0.29) is 28.7 Å². The summed E-state index contributed by atoms with van der Waals surface area (Å²) < 4.78 is 16.5. The van der Waals surface area contributed by atoms with Crippen LogP contribution in [0, 0.1) is 5.92 Å². The monoisotopic (exact) mass is 619 g/mol. The Morgan fingerprint density at radius 3 is 2.64 bits per heavy atom. The van der Waals surface area contributed by atoms with E-state index < -0.39 is 11.6 Å². The molecule has 0 saturated heterocycles. The molecule has 0 saturated carbocycles. The van der Waals surface area contributed by atoms with E-state index in [1.54, 1.807) is 11.9 Å². The minimum Gasteiger partial charge on any atom is -0.478 e. The fourth-order valence-electron chi connectivity index (χ4n) is 5.79. The summed E-state index contributed by atoms with van der Waals surface area (Å²) in [6, 6.07) is 5.33. The number of pyridine rings is 1. The number of benzene rings is 1. The molecule has 3 N–H and O–H groups in total. The lowest BCUT2D eigenvalue weighted by Gasteiger charge is -2.31. The summed E-state index contributed by atoms with van der Waals surface area (Å²) in [5, 5.41) is 13.7. The number of carbonyl (C=O) groups is 2. The van der Waals surface area contributed by atoms with Crippen LogP contribution in [0.5, 0.6) is 5.88 Å². The van der Waals surface area contributed by atoms with Crippen LogP contribution in [0.2, 0.25) is 0 Å². The van der Waals surface area contributed by atoms with Crippen LogP contribution in [0.15, 0.2) is 35.4 Å². The van der Waals surface area contributed by atoms with E-state index in [9.17, 15) is 19.5 Å². The molecule has 4 heterocycles. The van der Waals surface area contributed by atoms with Crippen molar-refractivity contribution in [1.82, 2.24) is 28.8 Å². The number of aromatic carboxylic acids is 1. The fourth-order valence-corrected chi connectivity index (χ4v) is 5.79. The highest BCUT2D eigenvalue weighted by molar-refractivity contribution is 5.89. The first-order valence-electron chi connectivity index (χ1n) is 15.1. The van der Waals surface area contributed by atoms with Gasteiger partial charge in [-0.15, -0.1) is 0 Å². The van der Waals surface area contributed by atoms with Crippen molar-refractivity contribution < 1.29 is 24.2 Å². The molecule has 240 valence electrons. The number of nitrogens with zero attached hydrogens (tertiary/aromatic N) is 6. The van der Waals surface area contributed by atoms with Crippen molar-refractivity contribution in [3.05, 3.63) is 57.6 Å². The van der Waals surface area contributed by atoms with Crippen molar-refractivity contribution in [2.24, 2.45) is 20.0 Å². The summed E-state index contributed by atoms with van der Waals surface area (Å²) in [6.45, 7) is 9.83. The molecule has 4 aromatic rings. The Morgan fingerprint density at radius 2 is 1.93 bits per heavy atom. The van der Waals surface area contributed by atoms with E-state index in [0.29, 0.717) is 50.1 Å². The molecule has 1 aliphatic heterocycles. The number of carbonyl (C=O) groups excluding carboxylic acids is 1. The molecule has 3 aromatic heterocycles. The number of rotatable bonds is 9.